The van der Waals surface area contributed by atoms with Gasteiger partial charge in [-0.05, 0) is 17.7 Å². The molecule has 0 N–H and O–H groups in total. The Bertz CT molecular complexity index is 213. The van der Waals surface area contributed by atoms with E-state index < -0.39 is 11.1 Å². The molecular weight excluding hydrogens is 197 g/mol. The number of alkyl halides is 3. The van der Waals surface area contributed by atoms with Crippen LogP contribution in [0.4, 0.5) is 13.2 Å². The zero-order valence-electron chi connectivity index (χ0n) is 7.90. The van der Waals surface area contributed by atoms with Gasteiger partial charge in [0, 0.05) is 0 Å². The molecule has 0 aliphatic heterocycles. The molecule has 0 heterocycles. The number of rotatable bonds is 3. The highest BCUT2D eigenvalue weighted by Crippen LogP contribution is 2.39. The Morgan fingerprint density at radius 3 is 2.08 bits per heavy atom. The Morgan fingerprint density at radius 2 is 1.85 bits per heavy atom. The normalized spacial score (nSPS) is 13.6. The van der Waals surface area contributed by atoms with Crippen molar-refractivity contribution in [2.24, 2.45) is 5.92 Å². The fourth-order valence-electron chi connectivity index (χ4n) is 0.710. The molecule has 4 heteroatoms. The summed E-state index contributed by atoms with van der Waals surface area (Å²) >= 11 is 0.701. The number of allylic oxidation sites excluding steroid dienone is 3. The van der Waals surface area contributed by atoms with E-state index in [2.05, 4.69) is 6.58 Å². The highest BCUT2D eigenvalue weighted by molar-refractivity contribution is 8.06. The lowest BCUT2D eigenvalue weighted by Gasteiger charge is -2.13. The van der Waals surface area contributed by atoms with E-state index in [1.54, 1.807) is 13.0 Å². The SMILES string of the molecule is C=C(S/C(=C\C)C(C)C)C(F)(F)F. The third kappa shape index (κ3) is 4.41. The lowest BCUT2D eigenvalue weighted by molar-refractivity contribution is -0.0832. The quantitative estimate of drug-likeness (QED) is 0.667. The number of halogens is 3. The monoisotopic (exact) mass is 210 g/mol. The van der Waals surface area contributed by atoms with Crippen molar-refractivity contribution >= 4 is 11.8 Å². The molecule has 0 unspecified atom stereocenters. The van der Waals surface area contributed by atoms with E-state index in [1.165, 1.54) is 0 Å². The van der Waals surface area contributed by atoms with Crippen molar-refractivity contribution < 1.29 is 13.2 Å². The largest absolute Gasteiger partial charge is 0.422 e. The van der Waals surface area contributed by atoms with E-state index in [-0.39, 0.29) is 5.92 Å². The summed E-state index contributed by atoms with van der Waals surface area (Å²) in [6.45, 7) is 8.43. The molecular formula is C9H13F3S. The van der Waals surface area contributed by atoms with E-state index in [0.29, 0.717) is 16.7 Å². The van der Waals surface area contributed by atoms with Crippen molar-refractivity contribution in [3.63, 3.8) is 0 Å². The molecule has 0 saturated heterocycles. The van der Waals surface area contributed by atoms with Crippen LogP contribution in [0.3, 0.4) is 0 Å². The number of thioether (sulfide) groups is 1. The van der Waals surface area contributed by atoms with Crippen LogP contribution in [-0.2, 0) is 0 Å². The van der Waals surface area contributed by atoms with E-state index >= 15 is 0 Å². The first-order valence-corrected chi connectivity index (χ1v) is 4.70. The minimum absolute atomic E-state index is 0.106. The fraction of sp³-hybridized carbons (Fsp3) is 0.556. The maximum atomic E-state index is 12.1. The molecule has 0 spiro atoms. The first-order chi connectivity index (χ1) is 5.79. The molecule has 13 heavy (non-hydrogen) atoms. The molecule has 0 fully saturated rings. The van der Waals surface area contributed by atoms with Crippen LogP contribution in [0, 0.1) is 5.92 Å². The van der Waals surface area contributed by atoms with Gasteiger partial charge in [0.2, 0.25) is 0 Å². The molecule has 0 aromatic carbocycles. The van der Waals surface area contributed by atoms with Gasteiger partial charge in [-0.1, -0.05) is 38.3 Å². The smallest absolute Gasteiger partial charge is 0.166 e. The zero-order chi connectivity index (χ0) is 10.6. The minimum atomic E-state index is -4.30. The van der Waals surface area contributed by atoms with Gasteiger partial charge < -0.3 is 0 Å². The van der Waals surface area contributed by atoms with E-state index in [9.17, 15) is 13.2 Å². The average molecular weight is 210 g/mol. The van der Waals surface area contributed by atoms with Gasteiger partial charge in [0.25, 0.3) is 0 Å². The Kier molecular flexibility index (Phi) is 4.61. The summed E-state index contributed by atoms with van der Waals surface area (Å²) in [6.07, 6.45) is -2.61. The third-order valence-electron chi connectivity index (χ3n) is 1.41. The van der Waals surface area contributed by atoms with Crippen LogP contribution in [0.1, 0.15) is 20.8 Å². The topological polar surface area (TPSA) is 0 Å². The third-order valence-corrected chi connectivity index (χ3v) is 2.83. The van der Waals surface area contributed by atoms with E-state index in [4.69, 9.17) is 0 Å². The van der Waals surface area contributed by atoms with Crippen molar-refractivity contribution in [3.05, 3.63) is 22.5 Å². The Labute approximate surface area is 80.9 Å². The van der Waals surface area contributed by atoms with Gasteiger partial charge in [0.05, 0.1) is 4.91 Å². The maximum Gasteiger partial charge on any atom is 0.422 e. The highest BCUT2D eigenvalue weighted by Gasteiger charge is 2.33. The van der Waals surface area contributed by atoms with Crippen molar-refractivity contribution in [1.82, 2.24) is 0 Å². The summed E-state index contributed by atoms with van der Waals surface area (Å²) in [7, 11) is 0. The fourth-order valence-corrected chi connectivity index (χ4v) is 1.46. The van der Waals surface area contributed by atoms with Crippen LogP contribution >= 0.6 is 11.8 Å². The predicted octanol–water partition coefficient (Wildman–Crippen LogP) is 4.36. The van der Waals surface area contributed by atoms with E-state index in [1.807, 2.05) is 13.8 Å². The van der Waals surface area contributed by atoms with Crippen molar-refractivity contribution in [3.8, 4) is 0 Å². The summed E-state index contributed by atoms with van der Waals surface area (Å²) in [5.74, 6) is 0.106. The average Bonchev–Trinajstić information content (AvgIpc) is 1.96. The summed E-state index contributed by atoms with van der Waals surface area (Å²) in [4.78, 5) is -0.0587. The number of hydrogen-bond donors (Lipinski definition) is 0. The summed E-state index contributed by atoms with van der Waals surface area (Å²) in [5, 5.41) is 0. The molecule has 0 aromatic rings. The second-order valence-electron chi connectivity index (χ2n) is 2.87. The first kappa shape index (κ1) is 12.6. The molecule has 0 aliphatic carbocycles. The van der Waals surface area contributed by atoms with Gasteiger partial charge in [-0.2, -0.15) is 13.2 Å². The highest BCUT2D eigenvalue weighted by atomic mass is 32.2. The molecule has 0 radical (unpaired) electrons. The zero-order valence-corrected chi connectivity index (χ0v) is 8.72. The molecule has 0 nitrogen and oxygen atoms in total. The number of hydrogen-bond acceptors (Lipinski definition) is 1. The first-order valence-electron chi connectivity index (χ1n) is 3.89. The van der Waals surface area contributed by atoms with Gasteiger partial charge in [-0.25, -0.2) is 0 Å². The van der Waals surface area contributed by atoms with Crippen LogP contribution < -0.4 is 0 Å². The second-order valence-corrected chi connectivity index (χ2v) is 4.04. The molecule has 0 bridgehead atoms. The lowest BCUT2D eigenvalue weighted by Crippen LogP contribution is -2.08. The Morgan fingerprint density at radius 1 is 1.38 bits per heavy atom. The maximum absolute atomic E-state index is 12.1. The molecule has 0 atom stereocenters. The Hall–Kier alpha value is -0.380. The molecule has 0 amide bonds. The van der Waals surface area contributed by atoms with Crippen LogP contribution in [0.2, 0.25) is 0 Å². The minimum Gasteiger partial charge on any atom is -0.166 e. The van der Waals surface area contributed by atoms with Crippen LogP contribution in [-0.4, -0.2) is 6.18 Å². The predicted molar refractivity (Wildman–Crippen MR) is 51.4 cm³/mol. The van der Waals surface area contributed by atoms with Gasteiger partial charge in [-0.3, -0.25) is 0 Å². The van der Waals surface area contributed by atoms with Gasteiger partial charge in [0.1, 0.15) is 0 Å². The van der Waals surface area contributed by atoms with Crippen LogP contribution in [0.25, 0.3) is 0 Å². The van der Waals surface area contributed by atoms with Gasteiger partial charge >= 0.3 is 6.18 Å². The van der Waals surface area contributed by atoms with Crippen molar-refractivity contribution in [2.75, 3.05) is 0 Å². The van der Waals surface area contributed by atoms with Crippen molar-refractivity contribution in [1.29, 1.82) is 0 Å². The summed E-state index contributed by atoms with van der Waals surface area (Å²) in [6, 6.07) is 0. The van der Waals surface area contributed by atoms with Crippen LogP contribution in [0.15, 0.2) is 22.5 Å². The summed E-state index contributed by atoms with van der Waals surface area (Å²) < 4.78 is 36.2. The van der Waals surface area contributed by atoms with Crippen molar-refractivity contribution in [2.45, 2.75) is 26.9 Å². The van der Waals surface area contributed by atoms with E-state index in [0.717, 1.165) is 0 Å². The molecule has 0 rings (SSSR count). The second kappa shape index (κ2) is 4.74. The molecule has 76 valence electrons. The van der Waals surface area contributed by atoms with Crippen LogP contribution in [0.5, 0.6) is 0 Å². The lowest BCUT2D eigenvalue weighted by atomic mass is 10.2. The summed E-state index contributed by atoms with van der Waals surface area (Å²) in [5.41, 5.74) is 0. The Balaban J connectivity index is 4.37. The van der Waals surface area contributed by atoms with Gasteiger partial charge in [0.15, 0.2) is 0 Å². The molecule has 0 saturated carbocycles. The molecule has 0 aromatic heterocycles. The van der Waals surface area contributed by atoms with Gasteiger partial charge in [-0.15, -0.1) is 0 Å². The molecule has 0 aliphatic rings. The standard InChI is InChI=1S/C9H13F3S/c1-5-8(6(2)3)13-7(4)9(10,11)12/h5-6H,4H2,1-3H3/b8-5-.